The number of rotatable bonds is 23. The number of nitrogens with two attached hydrogens (primary N) is 3. The Morgan fingerprint density at radius 1 is 0.740 bits per heavy atom. The Labute approximate surface area is 424 Å². The maximum absolute atomic E-state index is 14.7. The lowest BCUT2D eigenvalue weighted by atomic mass is 9.85. The number of nitrogens with zero attached hydrogens (tertiary/aromatic N) is 1. The van der Waals surface area contributed by atoms with Gasteiger partial charge in [0.1, 0.15) is 29.6 Å². The number of nitrogens with one attached hydrogen (secondary N) is 7. The highest BCUT2D eigenvalue weighted by atomic mass is 16.5. The second kappa shape index (κ2) is 25.7. The number of anilines is 3. The van der Waals surface area contributed by atoms with E-state index in [1.54, 1.807) is 55.8 Å². The third-order valence-electron chi connectivity index (χ3n) is 12.8. The van der Waals surface area contributed by atoms with Gasteiger partial charge >= 0.3 is 0 Å². The fraction of sp³-hybridized carbons (Fsp3) is 0.309. The molecule has 0 bridgehead atoms. The topological polar surface area (TPSA) is 293 Å². The predicted octanol–water partition coefficient (Wildman–Crippen LogP) is 5.25. The molecule has 73 heavy (non-hydrogen) atoms. The summed E-state index contributed by atoms with van der Waals surface area (Å²) in [7, 11) is 1.60. The summed E-state index contributed by atoms with van der Waals surface area (Å²) in [6.07, 6.45) is 5.46. The standard InChI is InChI=1S/C55H65N11O7/c1-73-44-24-21-41(22-25-44)62-40-17-19-42(20-18-40)63-50(68)33-61-52(70)47(12-5-6-27-59-55(57)58)64-53(71)48(28-34-13-15-36(16-14-34)35-8-3-2-4-9-35)66-54(72)49(65-51(69)37-10-7-11-39(56)29-37)30-38-32-60-46-26-23-43(67)31-45(38)46/h2-4,8-9,13-26,31-32,37,39,47-49,60,62,67H,5-7,10-12,27-30,33,56H2,1H3,(H,61,70)(H,63,68)(H,64,71)(H,65,69)(H,66,72)(H4,57,58,59). The number of phenolic OH excluding ortho intramolecular Hbond substituents is 1. The molecule has 6 aromatic rings. The van der Waals surface area contributed by atoms with Crippen LogP contribution in [0, 0.1) is 5.92 Å². The molecule has 0 saturated heterocycles. The lowest BCUT2D eigenvalue weighted by Crippen LogP contribution is -2.58. The number of fused-ring (bicyclic) bond motifs is 1. The molecule has 0 radical (unpaired) electrons. The van der Waals surface area contributed by atoms with Crippen molar-refractivity contribution in [3.05, 3.63) is 139 Å². The summed E-state index contributed by atoms with van der Waals surface area (Å²) in [4.78, 5) is 77.7. The molecular weight excluding hydrogens is 927 g/mol. The molecule has 18 nitrogen and oxygen atoms in total. The van der Waals surface area contributed by atoms with E-state index in [-0.39, 0.29) is 49.5 Å². The van der Waals surface area contributed by atoms with E-state index in [0.717, 1.165) is 46.6 Å². The summed E-state index contributed by atoms with van der Waals surface area (Å²) in [6.45, 7) is -0.118. The second-order valence-corrected chi connectivity index (χ2v) is 18.3. The highest BCUT2D eigenvalue weighted by Gasteiger charge is 2.33. The number of amides is 5. The van der Waals surface area contributed by atoms with Gasteiger partial charge in [-0.1, -0.05) is 61.0 Å². The molecule has 382 valence electrons. The van der Waals surface area contributed by atoms with Gasteiger partial charge in [-0.05, 0) is 128 Å². The van der Waals surface area contributed by atoms with Gasteiger partial charge < -0.3 is 63.9 Å². The van der Waals surface area contributed by atoms with E-state index in [4.69, 9.17) is 21.9 Å². The molecular formula is C55H65N11O7. The number of carbonyl (C=O) groups excluding carboxylic acids is 5. The Balaban J connectivity index is 1.09. The fourth-order valence-electron chi connectivity index (χ4n) is 8.88. The van der Waals surface area contributed by atoms with E-state index in [0.29, 0.717) is 47.9 Å². The fourth-order valence-corrected chi connectivity index (χ4v) is 8.88. The van der Waals surface area contributed by atoms with E-state index < -0.39 is 54.2 Å². The lowest BCUT2D eigenvalue weighted by molar-refractivity contribution is -0.134. The smallest absolute Gasteiger partial charge is 0.243 e. The third-order valence-corrected chi connectivity index (χ3v) is 12.8. The van der Waals surface area contributed by atoms with Crippen molar-refractivity contribution >= 4 is 63.5 Å². The van der Waals surface area contributed by atoms with Gasteiger partial charge in [0.2, 0.25) is 29.5 Å². The number of aromatic nitrogens is 1. The van der Waals surface area contributed by atoms with Crippen LogP contribution < -0.4 is 53.8 Å². The van der Waals surface area contributed by atoms with Gasteiger partial charge in [0.05, 0.1) is 13.7 Å². The normalized spacial score (nSPS) is 15.4. The predicted molar refractivity (Wildman–Crippen MR) is 284 cm³/mol. The van der Waals surface area contributed by atoms with Crippen LogP contribution in [0.3, 0.4) is 0 Å². The molecule has 1 aliphatic carbocycles. The van der Waals surface area contributed by atoms with Crippen molar-refractivity contribution in [2.45, 2.75) is 82.0 Å². The quantitative estimate of drug-likeness (QED) is 0.0224. The molecule has 1 aromatic heterocycles. The number of aromatic hydroxyl groups is 1. The van der Waals surface area contributed by atoms with E-state index >= 15 is 0 Å². The molecule has 18 heteroatoms. The summed E-state index contributed by atoms with van der Waals surface area (Å²) < 4.78 is 5.23. The molecule has 1 fully saturated rings. The maximum Gasteiger partial charge on any atom is 0.243 e. The molecule has 0 aliphatic heterocycles. The summed E-state index contributed by atoms with van der Waals surface area (Å²) in [5, 5.41) is 28.5. The number of carbonyl (C=O) groups is 5. The van der Waals surface area contributed by atoms with E-state index in [1.807, 2.05) is 78.9 Å². The first kappa shape index (κ1) is 52.4. The van der Waals surface area contributed by atoms with Crippen LogP contribution in [-0.2, 0) is 36.8 Å². The van der Waals surface area contributed by atoms with Crippen LogP contribution in [0.2, 0.25) is 0 Å². The van der Waals surface area contributed by atoms with Crippen molar-refractivity contribution in [1.82, 2.24) is 26.3 Å². The van der Waals surface area contributed by atoms with Gasteiger partial charge in [-0.3, -0.25) is 29.0 Å². The van der Waals surface area contributed by atoms with Crippen LogP contribution in [0.15, 0.2) is 133 Å². The number of H-pyrrole nitrogens is 1. The molecule has 5 unspecified atom stereocenters. The number of hydrogen-bond acceptors (Lipinski definition) is 10. The Hall–Kier alpha value is -8.38. The van der Waals surface area contributed by atoms with E-state index in [9.17, 15) is 29.1 Å². The van der Waals surface area contributed by atoms with Crippen LogP contribution >= 0.6 is 0 Å². The molecule has 1 aliphatic rings. The molecule has 14 N–H and O–H groups in total. The van der Waals surface area contributed by atoms with Crippen molar-refractivity contribution in [1.29, 1.82) is 0 Å². The largest absolute Gasteiger partial charge is 0.508 e. The van der Waals surface area contributed by atoms with Crippen molar-refractivity contribution in [2.24, 2.45) is 28.1 Å². The van der Waals surface area contributed by atoms with Gasteiger partial charge in [-0.15, -0.1) is 0 Å². The number of unbranched alkanes of at least 4 members (excludes halogenated alkanes) is 1. The van der Waals surface area contributed by atoms with Crippen LogP contribution in [0.5, 0.6) is 11.5 Å². The number of aromatic amines is 1. The number of benzene rings is 5. The Bertz CT molecular complexity index is 2830. The van der Waals surface area contributed by atoms with Crippen LogP contribution in [0.4, 0.5) is 17.1 Å². The average molecular weight is 992 g/mol. The number of guanidine groups is 1. The molecule has 1 heterocycles. The van der Waals surface area contributed by atoms with Crippen LogP contribution in [0.1, 0.15) is 56.1 Å². The van der Waals surface area contributed by atoms with Gasteiger partial charge in [0, 0.05) is 65.5 Å². The zero-order valence-electron chi connectivity index (χ0n) is 40.9. The molecule has 5 aromatic carbocycles. The minimum atomic E-state index is -1.24. The SMILES string of the molecule is COc1ccc(Nc2ccc(NC(=O)CNC(=O)C(CCCCN=C(N)N)NC(=O)C(Cc3ccc(-c4ccccc4)cc3)NC(=O)C(Cc3c[nH]c4ccc(O)cc34)NC(=O)C3CCCC(N)C3)cc2)cc1. The summed E-state index contributed by atoms with van der Waals surface area (Å²) in [6, 6.07) is 33.0. The highest BCUT2D eigenvalue weighted by molar-refractivity contribution is 5.98. The first-order valence-electron chi connectivity index (χ1n) is 24.5. The number of methoxy groups -OCH3 is 1. The number of aliphatic imine (C=N–C) groups is 1. The monoisotopic (exact) mass is 992 g/mol. The van der Waals surface area contributed by atoms with Crippen molar-refractivity contribution in [2.75, 3.05) is 30.8 Å². The Morgan fingerprint density at radius 2 is 1.40 bits per heavy atom. The number of phenols is 1. The van der Waals surface area contributed by atoms with Crippen LogP contribution in [-0.4, -0.2) is 90.0 Å². The number of ether oxygens (including phenoxy) is 1. The van der Waals surface area contributed by atoms with Gasteiger partial charge in [-0.2, -0.15) is 0 Å². The first-order chi connectivity index (χ1) is 35.3. The Morgan fingerprint density at radius 3 is 2.08 bits per heavy atom. The lowest BCUT2D eigenvalue weighted by Gasteiger charge is -2.29. The Kier molecular flexibility index (Phi) is 18.4. The van der Waals surface area contributed by atoms with Gasteiger partial charge in [0.15, 0.2) is 5.96 Å². The molecule has 5 atom stereocenters. The average Bonchev–Trinajstić information content (AvgIpc) is 3.79. The molecule has 1 saturated carbocycles. The first-order valence-corrected chi connectivity index (χ1v) is 24.5. The second-order valence-electron chi connectivity index (χ2n) is 18.3. The van der Waals surface area contributed by atoms with Gasteiger partial charge in [0.25, 0.3) is 0 Å². The van der Waals surface area contributed by atoms with E-state index in [2.05, 4.69) is 41.9 Å². The summed E-state index contributed by atoms with van der Waals surface area (Å²) >= 11 is 0. The van der Waals surface area contributed by atoms with Crippen molar-refractivity contribution < 1.29 is 33.8 Å². The summed E-state index contributed by atoms with van der Waals surface area (Å²) in [5.41, 5.74) is 23.5. The minimum Gasteiger partial charge on any atom is -0.508 e. The van der Waals surface area contributed by atoms with Gasteiger partial charge in [-0.25, -0.2) is 0 Å². The third kappa shape index (κ3) is 15.6. The molecule has 0 spiro atoms. The summed E-state index contributed by atoms with van der Waals surface area (Å²) in [5.74, 6) is -2.47. The zero-order chi connectivity index (χ0) is 51.7. The molecule has 7 rings (SSSR count). The van der Waals surface area contributed by atoms with Crippen molar-refractivity contribution in [3.8, 4) is 22.6 Å². The van der Waals surface area contributed by atoms with E-state index in [1.165, 1.54) is 0 Å². The molecule has 5 amide bonds. The zero-order valence-corrected chi connectivity index (χ0v) is 40.9. The van der Waals surface area contributed by atoms with Crippen molar-refractivity contribution in [3.63, 3.8) is 0 Å². The maximum atomic E-state index is 14.7. The minimum absolute atomic E-state index is 0.0153. The number of hydrogen-bond donors (Lipinski definition) is 11. The van der Waals surface area contributed by atoms with Crippen LogP contribution in [0.25, 0.3) is 22.0 Å². The highest BCUT2D eigenvalue weighted by Crippen LogP contribution is 2.27.